The van der Waals surface area contributed by atoms with E-state index in [0.29, 0.717) is 11.8 Å². The summed E-state index contributed by atoms with van der Waals surface area (Å²) in [6, 6.07) is 10.4. The molecule has 2 fully saturated rings. The zero-order valence-electron chi connectivity index (χ0n) is 16.1. The Morgan fingerprint density at radius 3 is 2.56 bits per heavy atom. The highest BCUT2D eigenvalue weighted by Gasteiger charge is 2.34. The van der Waals surface area contributed by atoms with Gasteiger partial charge in [0.2, 0.25) is 0 Å². The van der Waals surface area contributed by atoms with Gasteiger partial charge in [0.05, 0.1) is 18.9 Å². The molecule has 0 radical (unpaired) electrons. The van der Waals surface area contributed by atoms with Gasteiger partial charge in [0, 0.05) is 70.2 Å². The molecule has 1 aromatic heterocycles. The van der Waals surface area contributed by atoms with Crippen LogP contribution in [0.25, 0.3) is 11.3 Å². The smallest absolute Gasteiger partial charge is 0.0968 e. The van der Waals surface area contributed by atoms with Crippen molar-refractivity contribution in [2.45, 2.75) is 6.54 Å². The van der Waals surface area contributed by atoms with Crippen LogP contribution < -0.4 is 0 Å². The summed E-state index contributed by atoms with van der Waals surface area (Å²) in [5.41, 5.74) is 3.48. The first-order valence-electron chi connectivity index (χ1n) is 9.94. The SMILES string of the molecule is Cn1cc(CN2CC(CO)C(CN3CCOCC3)C2)c(-c2ccccc2)n1. The molecule has 1 aromatic carbocycles. The predicted molar refractivity (Wildman–Crippen MR) is 105 cm³/mol. The van der Waals surface area contributed by atoms with Gasteiger partial charge in [0.25, 0.3) is 0 Å². The number of likely N-dealkylation sites (tertiary alicyclic amines) is 1. The lowest BCUT2D eigenvalue weighted by Crippen LogP contribution is -2.41. The van der Waals surface area contributed by atoms with Crippen molar-refractivity contribution in [3.05, 3.63) is 42.1 Å². The Hall–Kier alpha value is -1.73. The van der Waals surface area contributed by atoms with Crippen molar-refractivity contribution >= 4 is 0 Å². The Morgan fingerprint density at radius 1 is 1.07 bits per heavy atom. The number of nitrogens with zero attached hydrogens (tertiary/aromatic N) is 4. The first-order chi connectivity index (χ1) is 13.2. The van der Waals surface area contributed by atoms with Crippen LogP contribution in [0.3, 0.4) is 0 Å². The van der Waals surface area contributed by atoms with Crippen LogP contribution in [-0.4, -0.2) is 77.2 Å². The molecule has 0 saturated carbocycles. The second kappa shape index (κ2) is 8.52. The molecule has 3 heterocycles. The van der Waals surface area contributed by atoms with E-state index in [2.05, 4.69) is 40.3 Å². The Bertz CT molecular complexity index is 727. The molecule has 146 valence electrons. The van der Waals surface area contributed by atoms with Crippen molar-refractivity contribution in [2.75, 3.05) is 52.5 Å². The molecule has 0 aliphatic carbocycles. The minimum atomic E-state index is 0.268. The molecule has 2 saturated heterocycles. The van der Waals surface area contributed by atoms with Crippen LogP contribution in [0.4, 0.5) is 0 Å². The van der Waals surface area contributed by atoms with E-state index < -0.39 is 0 Å². The average Bonchev–Trinajstić information content (AvgIpc) is 3.26. The van der Waals surface area contributed by atoms with Crippen molar-refractivity contribution in [1.82, 2.24) is 19.6 Å². The summed E-state index contributed by atoms with van der Waals surface area (Å²) in [5.74, 6) is 0.870. The molecule has 4 rings (SSSR count). The molecule has 0 spiro atoms. The maximum absolute atomic E-state index is 9.90. The topological polar surface area (TPSA) is 53.8 Å². The second-order valence-corrected chi connectivity index (χ2v) is 7.85. The Morgan fingerprint density at radius 2 is 1.81 bits per heavy atom. The van der Waals surface area contributed by atoms with Crippen LogP contribution in [0.15, 0.2) is 36.5 Å². The van der Waals surface area contributed by atoms with Crippen LogP contribution >= 0.6 is 0 Å². The maximum Gasteiger partial charge on any atom is 0.0968 e. The molecule has 2 aliphatic rings. The minimum absolute atomic E-state index is 0.268. The van der Waals surface area contributed by atoms with Gasteiger partial charge in [0.1, 0.15) is 0 Å². The third-order valence-corrected chi connectivity index (χ3v) is 5.83. The third kappa shape index (κ3) is 4.41. The summed E-state index contributed by atoms with van der Waals surface area (Å²) in [7, 11) is 1.98. The van der Waals surface area contributed by atoms with Gasteiger partial charge in [-0.25, -0.2) is 0 Å². The minimum Gasteiger partial charge on any atom is -0.396 e. The zero-order chi connectivity index (χ0) is 18.6. The molecule has 6 heteroatoms. The van der Waals surface area contributed by atoms with Gasteiger partial charge in [0.15, 0.2) is 0 Å². The van der Waals surface area contributed by atoms with Crippen molar-refractivity contribution < 1.29 is 9.84 Å². The molecule has 0 amide bonds. The largest absolute Gasteiger partial charge is 0.396 e. The third-order valence-electron chi connectivity index (χ3n) is 5.83. The number of aromatic nitrogens is 2. The summed E-state index contributed by atoms with van der Waals surface area (Å²) >= 11 is 0. The van der Waals surface area contributed by atoms with E-state index in [1.807, 2.05) is 17.8 Å². The van der Waals surface area contributed by atoms with E-state index in [1.165, 1.54) is 5.56 Å². The van der Waals surface area contributed by atoms with E-state index >= 15 is 0 Å². The summed E-state index contributed by atoms with van der Waals surface area (Å²) in [5, 5.41) is 14.6. The monoisotopic (exact) mass is 370 g/mol. The lowest BCUT2D eigenvalue weighted by molar-refractivity contribution is 0.0264. The fraction of sp³-hybridized carbons (Fsp3) is 0.571. The second-order valence-electron chi connectivity index (χ2n) is 7.85. The summed E-state index contributed by atoms with van der Waals surface area (Å²) < 4.78 is 7.37. The van der Waals surface area contributed by atoms with Gasteiger partial charge in [-0.05, 0) is 11.8 Å². The van der Waals surface area contributed by atoms with E-state index in [1.54, 1.807) is 0 Å². The highest BCUT2D eigenvalue weighted by atomic mass is 16.5. The van der Waals surface area contributed by atoms with Crippen LogP contribution in [-0.2, 0) is 18.3 Å². The first-order valence-corrected chi connectivity index (χ1v) is 9.94. The van der Waals surface area contributed by atoms with Gasteiger partial charge in [-0.2, -0.15) is 5.10 Å². The summed E-state index contributed by atoms with van der Waals surface area (Å²) in [6.45, 7) is 7.87. The fourth-order valence-corrected chi connectivity index (χ4v) is 4.43. The lowest BCUT2D eigenvalue weighted by Gasteiger charge is -2.30. The number of morpholine rings is 1. The van der Waals surface area contributed by atoms with E-state index in [-0.39, 0.29) is 6.61 Å². The lowest BCUT2D eigenvalue weighted by atomic mass is 9.96. The molecule has 2 atom stereocenters. The summed E-state index contributed by atoms with van der Waals surface area (Å²) in [4.78, 5) is 4.97. The number of rotatable bonds is 6. The first kappa shape index (κ1) is 18.6. The molecular formula is C21H30N4O2. The van der Waals surface area contributed by atoms with Gasteiger partial charge >= 0.3 is 0 Å². The van der Waals surface area contributed by atoms with Crippen molar-refractivity contribution in [2.24, 2.45) is 18.9 Å². The number of benzene rings is 1. The maximum atomic E-state index is 9.90. The van der Waals surface area contributed by atoms with Crippen LogP contribution in [0.5, 0.6) is 0 Å². The number of hydrogen-bond donors (Lipinski definition) is 1. The zero-order valence-corrected chi connectivity index (χ0v) is 16.1. The van der Waals surface area contributed by atoms with Crippen LogP contribution in [0.1, 0.15) is 5.56 Å². The molecule has 6 nitrogen and oxygen atoms in total. The highest BCUT2D eigenvalue weighted by Crippen LogP contribution is 2.29. The highest BCUT2D eigenvalue weighted by molar-refractivity contribution is 5.62. The summed E-state index contributed by atoms with van der Waals surface area (Å²) in [6.07, 6.45) is 2.13. The Labute approximate surface area is 161 Å². The Balaban J connectivity index is 1.44. The number of aliphatic hydroxyl groups is 1. The standard InChI is InChI=1S/C21H30N4O2/c1-23-11-19(21(22-23)17-5-3-2-4-6-17)14-25-13-18(20(15-25)16-26)12-24-7-9-27-10-8-24/h2-6,11,18,20,26H,7-10,12-16H2,1H3. The van der Waals surface area contributed by atoms with E-state index in [9.17, 15) is 5.11 Å². The van der Waals surface area contributed by atoms with Gasteiger partial charge in [-0.3, -0.25) is 14.5 Å². The fourth-order valence-electron chi connectivity index (χ4n) is 4.43. The van der Waals surface area contributed by atoms with Gasteiger partial charge in [-0.1, -0.05) is 30.3 Å². The number of aryl methyl sites for hydroxylation is 1. The van der Waals surface area contributed by atoms with Crippen molar-refractivity contribution in [1.29, 1.82) is 0 Å². The number of aliphatic hydroxyl groups excluding tert-OH is 1. The van der Waals surface area contributed by atoms with Gasteiger partial charge < -0.3 is 9.84 Å². The molecule has 2 aromatic rings. The number of hydrogen-bond acceptors (Lipinski definition) is 5. The van der Waals surface area contributed by atoms with E-state index in [0.717, 1.165) is 63.7 Å². The molecule has 0 bridgehead atoms. The number of ether oxygens (including phenoxy) is 1. The van der Waals surface area contributed by atoms with Crippen molar-refractivity contribution in [3.8, 4) is 11.3 Å². The molecule has 2 aliphatic heterocycles. The van der Waals surface area contributed by atoms with Crippen molar-refractivity contribution in [3.63, 3.8) is 0 Å². The predicted octanol–water partition coefficient (Wildman–Crippen LogP) is 1.46. The average molecular weight is 370 g/mol. The molecule has 2 unspecified atom stereocenters. The molecule has 1 N–H and O–H groups in total. The normalized spacial score (nSPS) is 24.5. The van der Waals surface area contributed by atoms with E-state index in [4.69, 9.17) is 9.84 Å². The van der Waals surface area contributed by atoms with Crippen LogP contribution in [0.2, 0.25) is 0 Å². The quantitative estimate of drug-likeness (QED) is 0.834. The van der Waals surface area contributed by atoms with Crippen LogP contribution in [0, 0.1) is 11.8 Å². The molecular weight excluding hydrogens is 340 g/mol. The Kier molecular flexibility index (Phi) is 5.88. The molecule has 27 heavy (non-hydrogen) atoms. The van der Waals surface area contributed by atoms with Gasteiger partial charge in [-0.15, -0.1) is 0 Å².